The number of hydrogen-bond donors (Lipinski definition) is 1. The average Bonchev–Trinajstić information content (AvgIpc) is 2.41. The molecule has 0 aliphatic carbocycles. The zero-order valence-corrected chi connectivity index (χ0v) is 12.4. The van der Waals surface area contributed by atoms with Gasteiger partial charge in [0.2, 0.25) is 12.1 Å². The number of methoxy groups -OCH3 is 2. The average molecular weight is 281 g/mol. The highest BCUT2D eigenvalue weighted by atomic mass is 32.2. The number of hydrogen-bond acceptors (Lipinski definition) is 5. The molecule has 0 saturated carbocycles. The second-order valence-corrected chi connectivity index (χ2v) is 4.76. The van der Waals surface area contributed by atoms with E-state index in [1.807, 2.05) is 37.4 Å². The predicted molar refractivity (Wildman–Crippen MR) is 79.2 cm³/mol. The largest absolute Gasteiger partial charge is 0.350 e. The van der Waals surface area contributed by atoms with Crippen LogP contribution in [0.1, 0.15) is 5.56 Å². The Morgan fingerprint density at radius 1 is 1.26 bits per heavy atom. The van der Waals surface area contributed by atoms with E-state index < -0.39 is 6.29 Å². The van der Waals surface area contributed by atoms with Gasteiger partial charge in [-0.15, -0.1) is 11.8 Å². The van der Waals surface area contributed by atoms with Gasteiger partial charge in [0.25, 0.3) is 0 Å². The van der Waals surface area contributed by atoms with Crippen molar-refractivity contribution in [1.82, 2.24) is 0 Å². The summed E-state index contributed by atoms with van der Waals surface area (Å²) in [6.45, 7) is 2.03. The van der Waals surface area contributed by atoms with Crippen molar-refractivity contribution in [1.29, 1.82) is 0 Å². The van der Waals surface area contributed by atoms with E-state index in [1.165, 1.54) is 37.6 Å². The first-order valence-electron chi connectivity index (χ1n) is 5.79. The van der Waals surface area contributed by atoms with Crippen LogP contribution in [0.15, 0.2) is 35.4 Å². The number of benzene rings is 1. The standard InChI is InChI=1S/C14H19NO3S/c1-10-5-7-11(8-6-10)15-13(19-4)9-12(16)14(17-2)18-3/h5-9,14-15H,1-4H3. The Balaban J connectivity index is 2.77. The van der Waals surface area contributed by atoms with E-state index in [1.54, 1.807) is 0 Å². The minimum atomic E-state index is -0.859. The fourth-order valence-electron chi connectivity index (χ4n) is 1.45. The fourth-order valence-corrected chi connectivity index (χ4v) is 1.90. The molecule has 1 aromatic rings. The van der Waals surface area contributed by atoms with Gasteiger partial charge >= 0.3 is 0 Å². The van der Waals surface area contributed by atoms with Crippen molar-refractivity contribution in [2.75, 3.05) is 25.8 Å². The van der Waals surface area contributed by atoms with Crippen LogP contribution >= 0.6 is 11.8 Å². The quantitative estimate of drug-likeness (QED) is 0.615. The number of rotatable bonds is 7. The first-order valence-corrected chi connectivity index (χ1v) is 7.02. The van der Waals surface area contributed by atoms with Crippen LogP contribution in [0.5, 0.6) is 0 Å². The predicted octanol–water partition coefficient (Wildman–Crippen LogP) is 2.80. The molecule has 0 amide bonds. The summed E-state index contributed by atoms with van der Waals surface area (Å²) in [5.74, 6) is -0.228. The van der Waals surface area contributed by atoms with Gasteiger partial charge in [-0.3, -0.25) is 4.79 Å². The molecule has 104 valence electrons. The summed E-state index contributed by atoms with van der Waals surface area (Å²) in [5, 5.41) is 3.93. The molecule has 1 aromatic carbocycles. The van der Waals surface area contributed by atoms with E-state index in [0.717, 1.165) is 10.7 Å². The Bertz CT molecular complexity index is 439. The fraction of sp³-hybridized carbons (Fsp3) is 0.357. The molecule has 0 fully saturated rings. The summed E-state index contributed by atoms with van der Waals surface area (Å²) < 4.78 is 9.84. The third-order valence-corrected chi connectivity index (χ3v) is 3.13. The van der Waals surface area contributed by atoms with Crippen molar-refractivity contribution in [3.63, 3.8) is 0 Å². The van der Waals surface area contributed by atoms with Gasteiger partial charge in [-0.2, -0.15) is 0 Å². The van der Waals surface area contributed by atoms with Gasteiger partial charge in [0, 0.05) is 26.0 Å². The molecule has 0 aliphatic rings. The second kappa shape index (κ2) is 7.99. The molecule has 5 heteroatoms. The van der Waals surface area contributed by atoms with Crippen LogP contribution in [0.25, 0.3) is 0 Å². The normalized spacial score (nSPS) is 11.7. The zero-order chi connectivity index (χ0) is 14.3. The van der Waals surface area contributed by atoms with Crippen molar-refractivity contribution in [3.8, 4) is 0 Å². The van der Waals surface area contributed by atoms with E-state index >= 15 is 0 Å². The Kier molecular flexibility index (Phi) is 6.62. The lowest BCUT2D eigenvalue weighted by Crippen LogP contribution is -2.23. The highest BCUT2D eigenvalue weighted by Crippen LogP contribution is 2.18. The van der Waals surface area contributed by atoms with E-state index in [0.29, 0.717) is 0 Å². The van der Waals surface area contributed by atoms with E-state index in [2.05, 4.69) is 5.32 Å². The summed E-state index contributed by atoms with van der Waals surface area (Å²) >= 11 is 1.45. The first kappa shape index (κ1) is 15.8. The molecule has 0 radical (unpaired) electrons. The van der Waals surface area contributed by atoms with Gasteiger partial charge in [-0.25, -0.2) is 0 Å². The summed E-state index contributed by atoms with van der Waals surface area (Å²) in [4.78, 5) is 11.8. The monoisotopic (exact) mass is 281 g/mol. The van der Waals surface area contributed by atoms with Gasteiger partial charge in [0.1, 0.15) is 0 Å². The molecular formula is C14H19NO3S. The van der Waals surface area contributed by atoms with Gasteiger partial charge in [0.05, 0.1) is 5.03 Å². The Hall–Kier alpha value is -1.30. The highest BCUT2D eigenvalue weighted by molar-refractivity contribution is 8.02. The van der Waals surface area contributed by atoms with E-state index in [9.17, 15) is 4.79 Å². The Morgan fingerprint density at radius 3 is 2.32 bits per heavy atom. The molecule has 0 saturated heterocycles. The topological polar surface area (TPSA) is 47.6 Å². The molecule has 0 atom stereocenters. The number of carbonyl (C=O) groups excluding carboxylic acids is 1. The maximum Gasteiger partial charge on any atom is 0.221 e. The molecular weight excluding hydrogens is 262 g/mol. The smallest absolute Gasteiger partial charge is 0.221 e. The number of nitrogens with one attached hydrogen (secondary N) is 1. The minimum absolute atomic E-state index is 0.228. The number of carbonyl (C=O) groups is 1. The molecule has 0 heterocycles. The maximum atomic E-state index is 11.8. The van der Waals surface area contributed by atoms with Crippen LogP contribution < -0.4 is 5.32 Å². The minimum Gasteiger partial charge on any atom is -0.350 e. The van der Waals surface area contributed by atoms with Crippen molar-refractivity contribution in [2.24, 2.45) is 0 Å². The zero-order valence-electron chi connectivity index (χ0n) is 11.6. The van der Waals surface area contributed by atoms with Crippen LogP contribution in [0.4, 0.5) is 5.69 Å². The van der Waals surface area contributed by atoms with Crippen LogP contribution in [-0.4, -0.2) is 32.5 Å². The van der Waals surface area contributed by atoms with Crippen LogP contribution in [0, 0.1) is 6.92 Å². The number of ketones is 1. The molecule has 0 bridgehead atoms. The molecule has 1 rings (SSSR count). The molecule has 0 aliphatic heterocycles. The third-order valence-electron chi connectivity index (χ3n) is 2.47. The molecule has 0 aromatic heterocycles. The summed E-state index contributed by atoms with van der Waals surface area (Å²) in [5.41, 5.74) is 2.13. The molecule has 0 unspecified atom stereocenters. The summed E-state index contributed by atoms with van der Waals surface area (Å²) in [6, 6.07) is 7.95. The van der Waals surface area contributed by atoms with Crippen molar-refractivity contribution < 1.29 is 14.3 Å². The Labute approximate surface area is 118 Å². The van der Waals surface area contributed by atoms with Crippen molar-refractivity contribution in [3.05, 3.63) is 40.9 Å². The lowest BCUT2D eigenvalue weighted by atomic mass is 10.2. The summed E-state index contributed by atoms with van der Waals surface area (Å²) in [7, 11) is 2.87. The molecule has 19 heavy (non-hydrogen) atoms. The van der Waals surface area contributed by atoms with Crippen LogP contribution in [0.2, 0.25) is 0 Å². The maximum absolute atomic E-state index is 11.8. The van der Waals surface area contributed by atoms with Gasteiger partial charge in [-0.1, -0.05) is 17.7 Å². The Morgan fingerprint density at radius 2 is 1.84 bits per heavy atom. The van der Waals surface area contributed by atoms with Crippen molar-refractivity contribution >= 4 is 23.2 Å². The molecule has 4 nitrogen and oxygen atoms in total. The van der Waals surface area contributed by atoms with Gasteiger partial charge < -0.3 is 14.8 Å². The van der Waals surface area contributed by atoms with Gasteiger partial charge in [-0.05, 0) is 25.3 Å². The third kappa shape index (κ3) is 5.06. The first-order chi connectivity index (χ1) is 9.10. The van der Waals surface area contributed by atoms with Crippen LogP contribution in [-0.2, 0) is 14.3 Å². The van der Waals surface area contributed by atoms with E-state index in [4.69, 9.17) is 9.47 Å². The highest BCUT2D eigenvalue weighted by Gasteiger charge is 2.15. The second-order valence-electron chi connectivity index (χ2n) is 3.91. The number of thioether (sulfide) groups is 1. The number of anilines is 1. The molecule has 1 N–H and O–H groups in total. The number of aryl methyl sites for hydroxylation is 1. The molecule has 0 spiro atoms. The van der Waals surface area contributed by atoms with Crippen LogP contribution in [0.3, 0.4) is 0 Å². The lowest BCUT2D eigenvalue weighted by Gasteiger charge is -2.12. The van der Waals surface area contributed by atoms with Gasteiger partial charge in [0.15, 0.2) is 0 Å². The van der Waals surface area contributed by atoms with Crippen molar-refractivity contribution in [2.45, 2.75) is 13.2 Å². The van der Waals surface area contributed by atoms with E-state index in [-0.39, 0.29) is 5.78 Å². The summed E-state index contributed by atoms with van der Waals surface area (Å²) in [6.07, 6.45) is 2.53. The SMILES string of the molecule is COC(OC)C(=O)C=C(Nc1ccc(C)cc1)SC. The number of ether oxygens (including phenoxy) is 2. The lowest BCUT2D eigenvalue weighted by molar-refractivity contribution is -0.151.